The summed E-state index contributed by atoms with van der Waals surface area (Å²) in [5.41, 5.74) is 2.32. The molecule has 0 saturated heterocycles. The van der Waals surface area contributed by atoms with Crippen molar-refractivity contribution < 1.29 is 22.6 Å². The Bertz CT molecular complexity index is 2900. The van der Waals surface area contributed by atoms with Crippen LogP contribution in [0.4, 0.5) is 13.2 Å². The van der Waals surface area contributed by atoms with Gasteiger partial charge >= 0.3 is 6.18 Å². The van der Waals surface area contributed by atoms with Gasteiger partial charge in [0, 0.05) is 51.6 Å². The molecule has 5 heterocycles. The third-order valence-electron chi connectivity index (χ3n) is 9.60. The highest BCUT2D eigenvalue weighted by Crippen LogP contribution is 2.48. The van der Waals surface area contributed by atoms with Crippen LogP contribution in [0.15, 0.2) is 159 Å². The van der Waals surface area contributed by atoms with Crippen LogP contribution in [-0.2, 0) is 6.18 Å². The average Bonchev–Trinajstić information content (AvgIpc) is 3.73. The minimum absolute atomic E-state index is 0.139. The van der Waals surface area contributed by atoms with Crippen LogP contribution in [0.1, 0.15) is 5.56 Å². The van der Waals surface area contributed by atoms with Gasteiger partial charge in [-0.15, -0.1) is 0 Å². The number of ether oxygens (including phenoxy) is 2. The summed E-state index contributed by atoms with van der Waals surface area (Å²) >= 11 is 0. The van der Waals surface area contributed by atoms with Crippen LogP contribution in [0.5, 0.6) is 23.0 Å². The molecule has 0 bridgehead atoms. The maximum Gasteiger partial charge on any atom is 0.423 e. The van der Waals surface area contributed by atoms with Crippen molar-refractivity contribution in [1.29, 1.82) is 0 Å². The minimum atomic E-state index is -4.90. The predicted molar refractivity (Wildman–Crippen MR) is 208 cm³/mol. The van der Waals surface area contributed by atoms with E-state index in [0.29, 0.717) is 22.7 Å². The van der Waals surface area contributed by atoms with Gasteiger partial charge in [0.2, 0.25) is 0 Å². The van der Waals surface area contributed by atoms with Gasteiger partial charge in [-0.05, 0) is 72.8 Å². The minimum Gasteiger partial charge on any atom is -0.456 e. The maximum atomic E-state index is 15.4. The number of nitrogens with zero attached hydrogens (tertiary/aromatic N) is 7. The Morgan fingerprint density at radius 3 is 1.39 bits per heavy atom. The zero-order chi connectivity index (χ0) is 37.8. The number of aromatic nitrogens is 7. The van der Waals surface area contributed by atoms with Crippen molar-refractivity contribution in [3.63, 3.8) is 0 Å². The Morgan fingerprint density at radius 1 is 0.464 bits per heavy atom. The number of hydrogen-bond donors (Lipinski definition) is 0. The lowest BCUT2D eigenvalue weighted by atomic mass is 10.1. The summed E-state index contributed by atoms with van der Waals surface area (Å²) in [6.07, 6.45) is 1.03. The van der Waals surface area contributed by atoms with Gasteiger partial charge in [0.25, 0.3) is 0 Å². The standard InChI is InChI=1S/C44H26F3N7O2/c45-44(46,47)42-38(55-28-15-17-32-30-9-1-3-11-34(30)53(36(32)23-28)40-13-5-7-19-49-40)21-27(43-51-25-48-26-52-43)22-39(42)56-29-16-18-33-31-10-2-4-12-35(31)54(37(33)24-29)41-14-6-8-20-50-41/h1-26H. The highest BCUT2D eigenvalue weighted by Gasteiger charge is 2.40. The SMILES string of the molecule is FC(F)(F)c1c(Oc2ccc3c4ccccc4n(-c4ccccn4)c3c2)cc(-c2ncncn2)cc1Oc1ccc2c3ccccc3n(-c3ccccn3)c2c1. The molecule has 270 valence electrons. The summed E-state index contributed by atoms with van der Waals surface area (Å²) in [7, 11) is 0. The molecule has 0 radical (unpaired) electrons. The topological polar surface area (TPSA) is 92.8 Å². The number of halogens is 3. The fourth-order valence-corrected chi connectivity index (χ4v) is 7.29. The molecule has 9 nitrogen and oxygen atoms in total. The van der Waals surface area contributed by atoms with E-state index in [1.54, 1.807) is 36.7 Å². The number of hydrogen-bond acceptors (Lipinski definition) is 7. The smallest absolute Gasteiger partial charge is 0.423 e. The zero-order valence-corrected chi connectivity index (χ0v) is 29.1. The van der Waals surface area contributed by atoms with E-state index < -0.39 is 23.2 Å². The number of alkyl halides is 3. The molecule has 12 heteroatoms. The first kappa shape index (κ1) is 33.0. The Labute approximate surface area is 315 Å². The van der Waals surface area contributed by atoms with E-state index in [9.17, 15) is 0 Å². The van der Waals surface area contributed by atoms with Crippen molar-refractivity contribution in [3.05, 3.63) is 164 Å². The summed E-state index contributed by atoms with van der Waals surface area (Å²) < 4.78 is 62.5. The summed E-state index contributed by atoms with van der Waals surface area (Å²) in [5, 5.41) is 3.69. The lowest BCUT2D eigenvalue weighted by Gasteiger charge is -2.20. The first-order valence-electron chi connectivity index (χ1n) is 17.5. The van der Waals surface area contributed by atoms with Gasteiger partial charge in [0.15, 0.2) is 5.82 Å². The van der Waals surface area contributed by atoms with Gasteiger partial charge in [-0.3, -0.25) is 9.13 Å². The number of pyridine rings is 2. The van der Waals surface area contributed by atoms with Crippen LogP contribution in [0.25, 0.3) is 66.6 Å². The number of fused-ring (bicyclic) bond motifs is 6. The third-order valence-corrected chi connectivity index (χ3v) is 9.60. The van der Waals surface area contributed by atoms with E-state index in [0.717, 1.165) is 32.6 Å². The molecule has 0 saturated carbocycles. The molecule has 0 aliphatic carbocycles. The van der Waals surface area contributed by atoms with E-state index in [2.05, 4.69) is 24.9 Å². The second-order valence-corrected chi connectivity index (χ2v) is 13.0. The summed E-state index contributed by atoms with van der Waals surface area (Å²) in [5.74, 6) is 0.797. The molecule has 0 N–H and O–H groups in total. The van der Waals surface area contributed by atoms with Crippen LogP contribution in [0.2, 0.25) is 0 Å². The van der Waals surface area contributed by atoms with Gasteiger partial charge in [-0.2, -0.15) is 13.2 Å². The molecule has 0 fully saturated rings. The molecule has 56 heavy (non-hydrogen) atoms. The number of rotatable bonds is 7. The fraction of sp³-hybridized carbons (Fsp3) is 0.0227. The van der Waals surface area contributed by atoms with Gasteiger partial charge in [-0.1, -0.05) is 48.5 Å². The summed E-state index contributed by atoms with van der Waals surface area (Å²) in [6.45, 7) is 0. The van der Waals surface area contributed by atoms with E-state index in [1.165, 1.54) is 24.8 Å². The van der Waals surface area contributed by atoms with Crippen molar-refractivity contribution in [2.45, 2.75) is 6.18 Å². The van der Waals surface area contributed by atoms with Gasteiger partial charge in [-0.25, -0.2) is 24.9 Å². The van der Waals surface area contributed by atoms with Crippen LogP contribution < -0.4 is 9.47 Å². The largest absolute Gasteiger partial charge is 0.456 e. The molecule has 0 spiro atoms. The van der Waals surface area contributed by atoms with Crippen LogP contribution in [0, 0.1) is 0 Å². The molecular weight excluding hydrogens is 716 g/mol. The predicted octanol–water partition coefficient (Wildman–Crippen LogP) is 11.1. The van der Waals surface area contributed by atoms with Gasteiger partial charge in [0.05, 0.1) is 22.1 Å². The van der Waals surface area contributed by atoms with Crippen molar-refractivity contribution >= 4 is 43.6 Å². The van der Waals surface area contributed by atoms with Crippen molar-refractivity contribution in [1.82, 2.24) is 34.1 Å². The highest BCUT2D eigenvalue weighted by atomic mass is 19.4. The second kappa shape index (κ2) is 13.1. The molecular formula is C44H26F3N7O2. The molecule has 0 unspecified atom stereocenters. The number of benzene rings is 5. The third kappa shape index (κ3) is 5.62. The molecule has 0 aliphatic heterocycles. The molecule has 0 aliphatic rings. The normalized spacial score (nSPS) is 11.8. The average molecular weight is 742 g/mol. The summed E-state index contributed by atoms with van der Waals surface area (Å²) in [4.78, 5) is 21.5. The van der Waals surface area contributed by atoms with Gasteiger partial charge < -0.3 is 9.47 Å². The Morgan fingerprint density at radius 2 is 0.929 bits per heavy atom. The Hall–Kier alpha value is -7.60. The van der Waals surface area contributed by atoms with Gasteiger partial charge in [0.1, 0.15) is 52.9 Å². The quantitative estimate of drug-likeness (QED) is 0.161. The van der Waals surface area contributed by atoms with E-state index >= 15 is 13.2 Å². The van der Waals surface area contributed by atoms with Crippen LogP contribution >= 0.6 is 0 Å². The van der Waals surface area contributed by atoms with E-state index in [4.69, 9.17) is 9.47 Å². The van der Waals surface area contributed by atoms with E-state index in [-0.39, 0.29) is 22.9 Å². The molecule has 10 rings (SSSR count). The van der Waals surface area contributed by atoms with Crippen molar-refractivity contribution in [2.75, 3.05) is 0 Å². The van der Waals surface area contributed by atoms with Crippen LogP contribution in [-0.4, -0.2) is 34.1 Å². The zero-order valence-electron chi connectivity index (χ0n) is 29.1. The molecule has 5 aromatic carbocycles. The first-order valence-corrected chi connectivity index (χ1v) is 17.5. The second-order valence-electron chi connectivity index (χ2n) is 13.0. The Kier molecular flexibility index (Phi) is 7.70. The fourth-order valence-electron chi connectivity index (χ4n) is 7.29. The first-order chi connectivity index (χ1) is 27.4. The lowest BCUT2D eigenvalue weighted by molar-refractivity contribution is -0.139. The molecule has 5 aromatic heterocycles. The molecule has 10 aromatic rings. The molecule has 0 amide bonds. The maximum absolute atomic E-state index is 15.4. The molecule has 0 atom stereocenters. The lowest BCUT2D eigenvalue weighted by Crippen LogP contribution is -2.10. The highest BCUT2D eigenvalue weighted by molar-refractivity contribution is 6.10. The Balaban J connectivity index is 1.14. The van der Waals surface area contributed by atoms with E-state index in [1.807, 2.05) is 106 Å². The van der Waals surface area contributed by atoms with Crippen molar-refractivity contribution in [3.8, 4) is 46.0 Å². The monoisotopic (exact) mass is 741 g/mol. The number of para-hydroxylation sites is 2. The summed E-state index contributed by atoms with van der Waals surface area (Å²) in [6, 6.07) is 39.8. The van der Waals surface area contributed by atoms with Crippen molar-refractivity contribution in [2.24, 2.45) is 0 Å². The van der Waals surface area contributed by atoms with Crippen LogP contribution in [0.3, 0.4) is 0 Å².